The second-order valence-electron chi connectivity index (χ2n) is 8.23. The molecule has 1 N–H and O–H groups in total. The molecule has 1 amide bonds. The van der Waals surface area contributed by atoms with Crippen molar-refractivity contribution in [2.45, 2.75) is 51.7 Å². The van der Waals surface area contributed by atoms with Crippen molar-refractivity contribution in [2.24, 2.45) is 0 Å². The van der Waals surface area contributed by atoms with Gasteiger partial charge in [0.25, 0.3) is 5.91 Å². The van der Waals surface area contributed by atoms with Crippen LogP contribution >= 0.6 is 0 Å². The minimum atomic E-state index is -3.52. The first kappa shape index (κ1) is 23.7. The normalized spacial score (nSPS) is 11.8. The zero-order valence-corrected chi connectivity index (χ0v) is 20.0. The molecule has 32 heavy (non-hydrogen) atoms. The molecule has 2 aromatic carbocycles. The Morgan fingerprint density at radius 1 is 1.06 bits per heavy atom. The quantitative estimate of drug-likeness (QED) is 0.565. The summed E-state index contributed by atoms with van der Waals surface area (Å²) in [4.78, 5) is 12.9. The number of carbonyl (C=O) groups excluding carboxylic acids is 1. The van der Waals surface area contributed by atoms with Gasteiger partial charge in [0.2, 0.25) is 10.0 Å². The number of sulfonamides is 1. The lowest BCUT2D eigenvalue weighted by atomic mass is 10.1. The van der Waals surface area contributed by atoms with E-state index in [1.54, 1.807) is 37.4 Å². The van der Waals surface area contributed by atoms with E-state index in [0.717, 1.165) is 22.5 Å². The topological polar surface area (TPSA) is 84.3 Å². The molecule has 7 nitrogen and oxygen atoms in total. The van der Waals surface area contributed by atoms with Crippen LogP contribution in [0.4, 0.5) is 0 Å². The SMILES string of the molecule is Cc1cc(C)n(Cc2cccc(C(=O)NCc3ccc(S(=O)(=O)N(C)C(C)C)cc3)c2)n1. The molecule has 3 rings (SSSR count). The number of hydrogen-bond donors (Lipinski definition) is 1. The fraction of sp³-hybridized carbons (Fsp3) is 0.333. The summed E-state index contributed by atoms with van der Waals surface area (Å²) in [7, 11) is -1.96. The van der Waals surface area contributed by atoms with E-state index in [0.29, 0.717) is 18.7 Å². The van der Waals surface area contributed by atoms with Gasteiger partial charge in [0.05, 0.1) is 17.1 Å². The van der Waals surface area contributed by atoms with Crippen molar-refractivity contribution >= 4 is 15.9 Å². The van der Waals surface area contributed by atoms with Crippen LogP contribution in [0.15, 0.2) is 59.5 Å². The van der Waals surface area contributed by atoms with Gasteiger partial charge in [-0.25, -0.2) is 8.42 Å². The van der Waals surface area contributed by atoms with Gasteiger partial charge in [-0.1, -0.05) is 24.3 Å². The predicted molar refractivity (Wildman–Crippen MR) is 125 cm³/mol. The van der Waals surface area contributed by atoms with Gasteiger partial charge >= 0.3 is 0 Å². The highest BCUT2D eigenvalue weighted by Gasteiger charge is 2.22. The molecule has 0 atom stereocenters. The van der Waals surface area contributed by atoms with E-state index in [9.17, 15) is 13.2 Å². The zero-order chi connectivity index (χ0) is 23.5. The van der Waals surface area contributed by atoms with E-state index in [1.807, 2.05) is 56.6 Å². The maximum Gasteiger partial charge on any atom is 0.251 e. The van der Waals surface area contributed by atoms with Gasteiger partial charge in [-0.3, -0.25) is 9.48 Å². The Labute approximate surface area is 190 Å². The van der Waals surface area contributed by atoms with Crippen LogP contribution in [-0.4, -0.2) is 41.5 Å². The summed E-state index contributed by atoms with van der Waals surface area (Å²) in [5.41, 5.74) is 4.42. The molecule has 1 aromatic heterocycles. The fourth-order valence-electron chi connectivity index (χ4n) is 3.33. The van der Waals surface area contributed by atoms with Crippen LogP contribution in [0.3, 0.4) is 0 Å². The van der Waals surface area contributed by atoms with Crippen molar-refractivity contribution in [3.63, 3.8) is 0 Å². The van der Waals surface area contributed by atoms with Crippen LogP contribution in [0.5, 0.6) is 0 Å². The smallest absolute Gasteiger partial charge is 0.251 e. The molecule has 0 unspecified atom stereocenters. The van der Waals surface area contributed by atoms with Crippen LogP contribution in [0.2, 0.25) is 0 Å². The van der Waals surface area contributed by atoms with E-state index in [4.69, 9.17) is 0 Å². The van der Waals surface area contributed by atoms with E-state index < -0.39 is 10.0 Å². The number of nitrogens with zero attached hydrogens (tertiary/aromatic N) is 3. The van der Waals surface area contributed by atoms with Crippen molar-refractivity contribution in [1.82, 2.24) is 19.4 Å². The number of nitrogens with one attached hydrogen (secondary N) is 1. The number of aryl methyl sites for hydroxylation is 2. The average Bonchev–Trinajstić information content (AvgIpc) is 3.08. The summed E-state index contributed by atoms with van der Waals surface area (Å²) in [5.74, 6) is -0.184. The third kappa shape index (κ3) is 5.44. The number of benzene rings is 2. The van der Waals surface area contributed by atoms with Crippen molar-refractivity contribution in [2.75, 3.05) is 7.05 Å². The highest BCUT2D eigenvalue weighted by Crippen LogP contribution is 2.17. The average molecular weight is 455 g/mol. The largest absolute Gasteiger partial charge is 0.348 e. The highest BCUT2D eigenvalue weighted by molar-refractivity contribution is 7.89. The first-order valence-corrected chi connectivity index (χ1v) is 12.0. The maximum atomic E-state index is 12.6. The van der Waals surface area contributed by atoms with Gasteiger partial charge < -0.3 is 5.32 Å². The molecular formula is C24H30N4O3S. The van der Waals surface area contributed by atoms with Gasteiger partial charge in [-0.05, 0) is 69.2 Å². The molecular weight excluding hydrogens is 424 g/mol. The second-order valence-corrected chi connectivity index (χ2v) is 10.2. The molecule has 0 saturated carbocycles. The highest BCUT2D eigenvalue weighted by atomic mass is 32.2. The van der Waals surface area contributed by atoms with Crippen LogP contribution in [0.25, 0.3) is 0 Å². The van der Waals surface area contributed by atoms with Crippen molar-refractivity contribution in [1.29, 1.82) is 0 Å². The molecule has 0 saturated heterocycles. The molecule has 0 bridgehead atoms. The minimum absolute atomic E-state index is 0.129. The molecule has 0 aliphatic carbocycles. The van der Waals surface area contributed by atoms with Crippen LogP contribution < -0.4 is 5.32 Å². The Kier molecular flexibility index (Phi) is 7.16. The van der Waals surface area contributed by atoms with Crippen LogP contribution in [0, 0.1) is 13.8 Å². The number of amides is 1. The van der Waals surface area contributed by atoms with E-state index in [2.05, 4.69) is 10.4 Å². The lowest BCUT2D eigenvalue weighted by Gasteiger charge is -2.21. The molecule has 1 heterocycles. The number of carbonyl (C=O) groups is 1. The summed E-state index contributed by atoms with van der Waals surface area (Å²) in [6, 6.07) is 16.0. The van der Waals surface area contributed by atoms with Crippen molar-refractivity contribution in [3.05, 3.63) is 82.7 Å². The van der Waals surface area contributed by atoms with E-state index in [1.165, 1.54) is 4.31 Å². The lowest BCUT2D eigenvalue weighted by Crippen LogP contribution is -2.33. The summed E-state index contributed by atoms with van der Waals surface area (Å²) in [6.07, 6.45) is 0. The Morgan fingerprint density at radius 3 is 2.34 bits per heavy atom. The maximum absolute atomic E-state index is 12.6. The Balaban J connectivity index is 1.64. The number of aromatic nitrogens is 2. The van der Waals surface area contributed by atoms with Gasteiger partial charge in [0.15, 0.2) is 0 Å². The summed E-state index contributed by atoms with van der Waals surface area (Å²) in [5, 5.41) is 7.37. The first-order valence-electron chi connectivity index (χ1n) is 10.5. The number of rotatable bonds is 8. The van der Waals surface area contributed by atoms with Gasteiger partial charge in [-0.2, -0.15) is 9.40 Å². The van der Waals surface area contributed by atoms with Gasteiger partial charge in [-0.15, -0.1) is 0 Å². The Morgan fingerprint density at radius 2 is 1.75 bits per heavy atom. The summed E-state index contributed by atoms with van der Waals surface area (Å²) in [6.45, 7) is 8.52. The van der Waals surface area contributed by atoms with E-state index in [-0.39, 0.29) is 16.8 Å². The molecule has 0 aliphatic rings. The summed E-state index contributed by atoms with van der Waals surface area (Å²) >= 11 is 0. The van der Waals surface area contributed by atoms with Gasteiger partial charge in [0.1, 0.15) is 0 Å². The molecule has 3 aromatic rings. The van der Waals surface area contributed by atoms with Crippen LogP contribution in [0.1, 0.15) is 46.7 Å². The van der Waals surface area contributed by atoms with E-state index >= 15 is 0 Å². The lowest BCUT2D eigenvalue weighted by molar-refractivity contribution is 0.0950. The standard InChI is InChI=1S/C24H30N4O3S/c1-17(2)27(5)32(30,31)23-11-9-20(10-12-23)15-25-24(29)22-8-6-7-21(14-22)16-28-19(4)13-18(3)26-28/h6-14,17H,15-16H2,1-5H3,(H,25,29). The number of hydrogen-bond acceptors (Lipinski definition) is 4. The van der Waals surface area contributed by atoms with Gasteiger partial charge in [0, 0.05) is 30.9 Å². The predicted octanol–water partition coefficient (Wildman–Crippen LogP) is 3.51. The zero-order valence-electron chi connectivity index (χ0n) is 19.2. The molecule has 170 valence electrons. The molecule has 0 fully saturated rings. The van der Waals surface area contributed by atoms with Crippen LogP contribution in [-0.2, 0) is 23.1 Å². The third-order valence-corrected chi connectivity index (χ3v) is 7.45. The monoisotopic (exact) mass is 454 g/mol. The molecule has 8 heteroatoms. The van der Waals surface area contributed by atoms with Crippen molar-refractivity contribution < 1.29 is 13.2 Å². The summed E-state index contributed by atoms with van der Waals surface area (Å²) < 4.78 is 28.4. The second kappa shape index (κ2) is 9.67. The minimum Gasteiger partial charge on any atom is -0.348 e. The van der Waals surface area contributed by atoms with Crippen molar-refractivity contribution in [3.8, 4) is 0 Å². The molecule has 0 spiro atoms. The Hall–Kier alpha value is -2.97. The molecule has 0 radical (unpaired) electrons. The molecule has 0 aliphatic heterocycles. The first-order chi connectivity index (χ1) is 15.1. The third-order valence-electron chi connectivity index (χ3n) is 5.41. The Bertz CT molecular complexity index is 1200. The fourth-order valence-corrected chi connectivity index (χ4v) is 4.69.